The van der Waals surface area contributed by atoms with E-state index in [1.165, 1.54) is 24.3 Å². The van der Waals surface area contributed by atoms with Crippen molar-refractivity contribution in [2.75, 3.05) is 36.5 Å². The summed E-state index contributed by atoms with van der Waals surface area (Å²) in [5.41, 5.74) is 1.09. The Balaban J connectivity index is 1.36. The van der Waals surface area contributed by atoms with Gasteiger partial charge in [-0.05, 0) is 42.5 Å². The molecule has 0 bridgehead atoms. The third-order valence-corrected chi connectivity index (χ3v) is 5.68. The molecule has 0 atom stereocenters. The molecule has 1 aromatic heterocycles. The zero-order valence-electron chi connectivity index (χ0n) is 18.3. The standard InChI is InChI=1S/C25H19ClF2N4O3/c26-16-3-1-2-15(12-16)25(33)31-19-6-7-21(24(28)23(19)27)35-17-4-5-18-20(13-17)30-22(14-29-18)32-8-10-34-11-9-32/h1-7,12-14H,8-11H2,(H,31,33). The highest BCUT2D eigenvalue weighted by Gasteiger charge is 2.18. The zero-order chi connectivity index (χ0) is 24.4. The van der Waals surface area contributed by atoms with Gasteiger partial charge >= 0.3 is 0 Å². The largest absolute Gasteiger partial charge is 0.454 e. The lowest BCUT2D eigenvalue weighted by Gasteiger charge is -2.27. The normalized spacial score (nSPS) is 13.6. The summed E-state index contributed by atoms with van der Waals surface area (Å²) in [6.45, 7) is 2.65. The van der Waals surface area contributed by atoms with Crippen LogP contribution >= 0.6 is 11.6 Å². The third-order valence-electron chi connectivity index (χ3n) is 5.45. The number of carbonyl (C=O) groups is 1. The van der Waals surface area contributed by atoms with Gasteiger partial charge in [0.25, 0.3) is 5.91 Å². The van der Waals surface area contributed by atoms with Crippen LogP contribution in [0.15, 0.2) is 60.8 Å². The summed E-state index contributed by atoms with van der Waals surface area (Å²) in [5.74, 6) is -2.46. The first-order valence-corrected chi connectivity index (χ1v) is 11.2. The Morgan fingerprint density at radius 1 is 1.03 bits per heavy atom. The molecule has 0 unspecified atom stereocenters. The number of halogens is 3. The van der Waals surface area contributed by atoms with Crippen LogP contribution in [0.5, 0.6) is 11.5 Å². The predicted octanol–water partition coefficient (Wildman–Crippen LogP) is 5.44. The van der Waals surface area contributed by atoms with Gasteiger partial charge in [-0.15, -0.1) is 0 Å². The molecule has 0 radical (unpaired) electrons. The smallest absolute Gasteiger partial charge is 0.255 e. The Hall–Kier alpha value is -3.82. The number of aromatic nitrogens is 2. The highest BCUT2D eigenvalue weighted by molar-refractivity contribution is 6.31. The molecule has 0 saturated carbocycles. The molecule has 1 saturated heterocycles. The van der Waals surface area contributed by atoms with E-state index in [1.54, 1.807) is 36.5 Å². The van der Waals surface area contributed by atoms with Gasteiger partial charge in [0, 0.05) is 29.7 Å². The summed E-state index contributed by atoms with van der Waals surface area (Å²) < 4.78 is 40.4. The molecule has 178 valence electrons. The first kappa shape index (κ1) is 22.9. The van der Waals surface area contributed by atoms with Crippen molar-refractivity contribution in [3.05, 3.63) is 83.0 Å². The van der Waals surface area contributed by atoms with Crippen molar-refractivity contribution in [1.82, 2.24) is 9.97 Å². The van der Waals surface area contributed by atoms with Crippen molar-refractivity contribution in [3.8, 4) is 11.5 Å². The number of hydrogen-bond acceptors (Lipinski definition) is 6. The van der Waals surface area contributed by atoms with E-state index in [1.807, 2.05) is 0 Å². The molecule has 1 amide bonds. The lowest BCUT2D eigenvalue weighted by atomic mass is 10.2. The fourth-order valence-electron chi connectivity index (χ4n) is 3.65. The van der Waals surface area contributed by atoms with Gasteiger partial charge in [-0.3, -0.25) is 9.78 Å². The number of fused-ring (bicyclic) bond motifs is 1. The third kappa shape index (κ3) is 5.01. The number of hydrogen-bond donors (Lipinski definition) is 1. The molecular formula is C25H19ClF2N4O3. The van der Waals surface area contributed by atoms with Gasteiger partial charge in [-0.1, -0.05) is 17.7 Å². The van der Waals surface area contributed by atoms with Crippen LogP contribution in [0.25, 0.3) is 11.0 Å². The first-order chi connectivity index (χ1) is 17.0. The topological polar surface area (TPSA) is 76.6 Å². The number of rotatable bonds is 5. The lowest BCUT2D eigenvalue weighted by Crippen LogP contribution is -2.36. The summed E-state index contributed by atoms with van der Waals surface area (Å²) in [6.07, 6.45) is 1.69. The van der Waals surface area contributed by atoms with E-state index < -0.39 is 17.5 Å². The molecule has 1 N–H and O–H groups in total. The van der Waals surface area contributed by atoms with Crippen molar-refractivity contribution in [2.24, 2.45) is 0 Å². The minimum atomic E-state index is -1.24. The molecule has 7 nitrogen and oxygen atoms in total. The number of nitrogens with one attached hydrogen (secondary N) is 1. The SMILES string of the molecule is O=C(Nc1ccc(Oc2ccc3ncc(N4CCOCC4)nc3c2)c(F)c1F)c1cccc(Cl)c1. The molecule has 4 aromatic rings. The second kappa shape index (κ2) is 9.81. The average molecular weight is 497 g/mol. The second-order valence-electron chi connectivity index (χ2n) is 7.78. The van der Waals surface area contributed by atoms with Gasteiger partial charge in [0.15, 0.2) is 11.6 Å². The number of benzene rings is 3. The van der Waals surface area contributed by atoms with Gasteiger partial charge < -0.3 is 19.7 Å². The number of ether oxygens (including phenoxy) is 2. The molecule has 10 heteroatoms. The fraction of sp³-hybridized carbons (Fsp3) is 0.160. The van der Waals surface area contributed by atoms with Crippen molar-refractivity contribution >= 4 is 40.0 Å². The molecule has 1 fully saturated rings. The predicted molar refractivity (Wildman–Crippen MR) is 128 cm³/mol. The number of nitrogens with zero attached hydrogens (tertiary/aromatic N) is 3. The van der Waals surface area contributed by atoms with Crippen LogP contribution in [-0.4, -0.2) is 42.2 Å². The van der Waals surface area contributed by atoms with Crippen LogP contribution in [0.3, 0.4) is 0 Å². The lowest BCUT2D eigenvalue weighted by molar-refractivity contribution is 0.102. The Morgan fingerprint density at radius 3 is 2.66 bits per heavy atom. The van der Waals surface area contributed by atoms with Crippen LogP contribution in [0.2, 0.25) is 5.02 Å². The minimum absolute atomic E-state index is 0.214. The van der Waals surface area contributed by atoms with Gasteiger partial charge in [0.2, 0.25) is 5.82 Å². The Bertz CT molecular complexity index is 1410. The molecule has 35 heavy (non-hydrogen) atoms. The number of morpholine rings is 1. The van der Waals surface area contributed by atoms with Gasteiger partial charge in [0.05, 0.1) is 36.1 Å². The van der Waals surface area contributed by atoms with E-state index in [0.29, 0.717) is 48.2 Å². The van der Waals surface area contributed by atoms with Crippen molar-refractivity contribution in [1.29, 1.82) is 0 Å². The summed E-state index contributed by atoms with van der Waals surface area (Å²) in [7, 11) is 0. The maximum atomic E-state index is 14.8. The molecule has 1 aliphatic rings. The molecule has 2 heterocycles. The van der Waals surface area contributed by atoms with Crippen LogP contribution in [0, 0.1) is 11.6 Å². The van der Waals surface area contributed by atoms with E-state index in [4.69, 9.17) is 21.1 Å². The second-order valence-corrected chi connectivity index (χ2v) is 8.22. The highest BCUT2D eigenvalue weighted by Crippen LogP contribution is 2.31. The van der Waals surface area contributed by atoms with Crippen LogP contribution in [0.1, 0.15) is 10.4 Å². The zero-order valence-corrected chi connectivity index (χ0v) is 19.1. The molecular weight excluding hydrogens is 478 g/mol. The van der Waals surface area contributed by atoms with E-state index in [0.717, 1.165) is 0 Å². The average Bonchev–Trinajstić information content (AvgIpc) is 2.88. The molecule has 1 aliphatic heterocycles. The highest BCUT2D eigenvalue weighted by atomic mass is 35.5. The summed E-state index contributed by atoms with van der Waals surface area (Å²) in [4.78, 5) is 23.5. The monoisotopic (exact) mass is 496 g/mol. The summed E-state index contributed by atoms with van der Waals surface area (Å²) >= 11 is 5.88. The van der Waals surface area contributed by atoms with Gasteiger partial charge in [-0.25, -0.2) is 9.37 Å². The van der Waals surface area contributed by atoms with Crippen LogP contribution in [0.4, 0.5) is 20.3 Å². The molecule has 0 aliphatic carbocycles. The van der Waals surface area contributed by atoms with E-state index in [2.05, 4.69) is 20.2 Å². The first-order valence-electron chi connectivity index (χ1n) is 10.8. The number of carbonyl (C=O) groups excluding carboxylic acids is 1. The van der Waals surface area contributed by atoms with E-state index in [-0.39, 0.29) is 22.7 Å². The van der Waals surface area contributed by atoms with E-state index >= 15 is 0 Å². The number of anilines is 2. The minimum Gasteiger partial charge on any atom is -0.454 e. The number of amides is 1. The van der Waals surface area contributed by atoms with Gasteiger partial charge in [-0.2, -0.15) is 4.39 Å². The molecule has 3 aromatic carbocycles. The Labute approximate surface area is 204 Å². The molecule has 0 spiro atoms. The maximum Gasteiger partial charge on any atom is 0.255 e. The van der Waals surface area contributed by atoms with Crippen LogP contribution in [-0.2, 0) is 4.74 Å². The van der Waals surface area contributed by atoms with Crippen molar-refractivity contribution < 1.29 is 23.0 Å². The molecule has 5 rings (SSSR count). The fourth-order valence-corrected chi connectivity index (χ4v) is 3.84. The van der Waals surface area contributed by atoms with Crippen LogP contribution < -0.4 is 15.0 Å². The summed E-state index contributed by atoms with van der Waals surface area (Å²) in [6, 6.07) is 13.5. The maximum absolute atomic E-state index is 14.8. The van der Waals surface area contributed by atoms with Crippen molar-refractivity contribution in [2.45, 2.75) is 0 Å². The Kier molecular flexibility index (Phi) is 6.43. The van der Waals surface area contributed by atoms with Gasteiger partial charge in [0.1, 0.15) is 11.6 Å². The van der Waals surface area contributed by atoms with E-state index in [9.17, 15) is 13.6 Å². The van der Waals surface area contributed by atoms with Crippen molar-refractivity contribution in [3.63, 3.8) is 0 Å². The Morgan fingerprint density at radius 2 is 1.86 bits per heavy atom. The quantitative estimate of drug-likeness (QED) is 0.396. The summed E-state index contributed by atoms with van der Waals surface area (Å²) in [5, 5.41) is 2.70.